The first-order valence-corrected chi connectivity index (χ1v) is 7.72. The summed E-state index contributed by atoms with van der Waals surface area (Å²) in [5, 5.41) is 18.8. The Balaban J connectivity index is 1.99. The van der Waals surface area contributed by atoms with Crippen molar-refractivity contribution in [3.8, 4) is 10.8 Å². The highest BCUT2D eigenvalue weighted by atomic mass is 35.5. The molecular weight excluding hydrogens is 304 g/mol. The van der Waals surface area contributed by atoms with Gasteiger partial charge in [0.05, 0.1) is 11.6 Å². The molecule has 2 heterocycles. The molecule has 0 fully saturated rings. The first-order valence-electron chi connectivity index (χ1n) is 5.54. The van der Waals surface area contributed by atoms with Crippen molar-refractivity contribution in [2.75, 3.05) is 12.4 Å². The van der Waals surface area contributed by atoms with Crippen molar-refractivity contribution >= 4 is 44.8 Å². The van der Waals surface area contributed by atoms with Gasteiger partial charge in [-0.1, -0.05) is 41.6 Å². The summed E-state index contributed by atoms with van der Waals surface area (Å²) in [4.78, 5) is 0.784. The van der Waals surface area contributed by atoms with Gasteiger partial charge >= 0.3 is 0 Å². The number of halogens is 1. The maximum absolute atomic E-state index is 8.76. The first kappa shape index (κ1) is 12.9. The van der Waals surface area contributed by atoms with Gasteiger partial charge in [0.1, 0.15) is 4.88 Å². The van der Waals surface area contributed by atoms with Crippen molar-refractivity contribution in [2.24, 2.45) is 0 Å². The Bertz CT molecular complexity index is 711. The number of hydrogen-bond acceptors (Lipinski definition) is 6. The lowest BCUT2D eigenvalue weighted by molar-refractivity contribution is 0.322. The van der Waals surface area contributed by atoms with Crippen LogP contribution in [-0.4, -0.2) is 27.7 Å². The highest BCUT2D eigenvalue weighted by Gasteiger charge is 2.17. The van der Waals surface area contributed by atoms with Gasteiger partial charge in [-0.2, -0.15) is 0 Å². The van der Waals surface area contributed by atoms with Gasteiger partial charge < -0.3 is 9.52 Å². The number of benzene rings is 1. The van der Waals surface area contributed by atoms with Crippen molar-refractivity contribution < 1.29 is 9.52 Å². The van der Waals surface area contributed by atoms with Crippen LogP contribution in [0.4, 0.5) is 0 Å². The zero-order chi connectivity index (χ0) is 13.2. The smallest absolute Gasteiger partial charge is 0.276 e. The Labute approximate surface area is 122 Å². The molecule has 4 nitrogen and oxygen atoms in total. The van der Waals surface area contributed by atoms with Crippen molar-refractivity contribution in [3.63, 3.8) is 0 Å². The quantitative estimate of drug-likeness (QED) is 0.745. The van der Waals surface area contributed by atoms with Gasteiger partial charge in [0.15, 0.2) is 0 Å². The highest BCUT2D eigenvalue weighted by Crippen LogP contribution is 2.41. The minimum Gasteiger partial charge on any atom is -0.410 e. The predicted octanol–water partition coefficient (Wildman–Crippen LogP) is 3.69. The van der Waals surface area contributed by atoms with E-state index >= 15 is 0 Å². The van der Waals surface area contributed by atoms with Crippen LogP contribution in [-0.2, 0) is 0 Å². The third-order valence-corrected chi connectivity index (χ3v) is 4.91. The topological polar surface area (TPSA) is 59.2 Å². The van der Waals surface area contributed by atoms with E-state index in [9.17, 15) is 0 Å². The van der Waals surface area contributed by atoms with Crippen LogP contribution in [0, 0.1) is 0 Å². The van der Waals surface area contributed by atoms with Crippen molar-refractivity contribution in [3.05, 3.63) is 29.3 Å². The van der Waals surface area contributed by atoms with Gasteiger partial charge in [-0.15, -0.1) is 21.5 Å². The van der Waals surface area contributed by atoms with Gasteiger partial charge in [0.2, 0.25) is 0 Å². The molecule has 0 saturated carbocycles. The van der Waals surface area contributed by atoms with E-state index in [4.69, 9.17) is 21.1 Å². The molecule has 0 amide bonds. The zero-order valence-electron chi connectivity index (χ0n) is 9.67. The molecule has 0 atom stereocenters. The molecule has 3 rings (SSSR count). The van der Waals surface area contributed by atoms with Crippen LogP contribution >= 0.6 is 34.7 Å². The molecule has 98 valence electrons. The monoisotopic (exact) mass is 312 g/mol. The number of aliphatic hydroxyl groups excluding tert-OH is 1. The number of thioether (sulfide) groups is 1. The molecule has 1 N–H and O–H groups in total. The first-order chi connectivity index (χ1) is 9.29. The number of hydrogen-bond donors (Lipinski definition) is 1. The number of rotatable bonds is 4. The molecule has 3 aromatic rings. The zero-order valence-corrected chi connectivity index (χ0v) is 12.1. The lowest BCUT2D eigenvalue weighted by Gasteiger charge is -1.91. The maximum atomic E-state index is 8.76. The lowest BCUT2D eigenvalue weighted by atomic mass is 10.2. The molecule has 0 aliphatic rings. The maximum Gasteiger partial charge on any atom is 0.276 e. The molecule has 19 heavy (non-hydrogen) atoms. The molecule has 7 heteroatoms. The summed E-state index contributed by atoms with van der Waals surface area (Å²) < 4.78 is 6.63. The summed E-state index contributed by atoms with van der Waals surface area (Å²) in [7, 11) is 0. The molecule has 1 aromatic carbocycles. The Morgan fingerprint density at radius 1 is 1.32 bits per heavy atom. The summed E-state index contributed by atoms with van der Waals surface area (Å²) in [6.45, 7) is 0.0754. The second-order valence-corrected chi connectivity index (χ2v) is 6.16. The fraction of sp³-hybridized carbons (Fsp3) is 0.167. The standard InChI is InChI=1S/C12H9ClN2O2S2/c13-9-7-3-1-2-4-8(7)19-10(9)11-14-15-12(17-11)18-6-5-16/h1-4,16H,5-6H2. The summed E-state index contributed by atoms with van der Waals surface area (Å²) in [6.07, 6.45) is 0. The SMILES string of the molecule is OCCSc1nnc(-c2sc3ccccc3c2Cl)o1. The number of thiophene rings is 1. The second-order valence-electron chi connectivity index (χ2n) is 3.69. The average molecular weight is 313 g/mol. The lowest BCUT2D eigenvalue weighted by Crippen LogP contribution is -1.84. The summed E-state index contributed by atoms with van der Waals surface area (Å²) in [5.41, 5.74) is 0. The van der Waals surface area contributed by atoms with Gasteiger partial charge in [0.25, 0.3) is 11.1 Å². The second kappa shape index (κ2) is 5.50. The predicted molar refractivity (Wildman–Crippen MR) is 77.9 cm³/mol. The molecule has 2 aromatic heterocycles. The fourth-order valence-corrected chi connectivity index (χ4v) is 3.58. The van der Waals surface area contributed by atoms with E-state index in [1.165, 1.54) is 23.1 Å². The number of aromatic nitrogens is 2. The Morgan fingerprint density at radius 3 is 2.95 bits per heavy atom. The summed E-state index contributed by atoms with van der Waals surface area (Å²) in [5.74, 6) is 0.952. The minimum atomic E-state index is 0.0754. The number of nitrogens with zero attached hydrogens (tertiary/aromatic N) is 2. The van der Waals surface area contributed by atoms with E-state index in [0.717, 1.165) is 15.0 Å². The van der Waals surface area contributed by atoms with E-state index in [1.54, 1.807) is 0 Å². The molecule has 0 bridgehead atoms. The average Bonchev–Trinajstić information content (AvgIpc) is 3.02. The van der Waals surface area contributed by atoms with E-state index in [-0.39, 0.29) is 6.61 Å². The van der Waals surface area contributed by atoms with Gasteiger partial charge in [-0.25, -0.2) is 0 Å². The Hall–Kier alpha value is -1.08. The molecule has 0 unspecified atom stereocenters. The van der Waals surface area contributed by atoms with E-state index in [2.05, 4.69) is 10.2 Å². The third kappa shape index (κ3) is 2.49. The number of fused-ring (bicyclic) bond motifs is 1. The summed E-state index contributed by atoms with van der Waals surface area (Å²) in [6, 6.07) is 7.89. The molecule has 0 aliphatic heterocycles. The van der Waals surface area contributed by atoms with E-state index in [0.29, 0.717) is 21.9 Å². The van der Waals surface area contributed by atoms with Crippen LogP contribution in [0.25, 0.3) is 20.9 Å². The minimum absolute atomic E-state index is 0.0754. The van der Waals surface area contributed by atoms with Crippen LogP contribution in [0.2, 0.25) is 5.02 Å². The van der Waals surface area contributed by atoms with E-state index in [1.807, 2.05) is 24.3 Å². The van der Waals surface area contributed by atoms with Crippen LogP contribution < -0.4 is 0 Å². The fourth-order valence-electron chi connectivity index (χ4n) is 1.64. The van der Waals surface area contributed by atoms with Gasteiger partial charge in [-0.3, -0.25) is 0 Å². The molecule has 0 radical (unpaired) electrons. The van der Waals surface area contributed by atoms with Crippen LogP contribution in [0.15, 0.2) is 33.9 Å². The molecular formula is C12H9ClN2O2S2. The Kier molecular flexibility index (Phi) is 3.74. The molecule has 0 spiro atoms. The highest BCUT2D eigenvalue weighted by molar-refractivity contribution is 7.99. The molecule has 0 saturated heterocycles. The molecule has 0 aliphatic carbocycles. The largest absolute Gasteiger partial charge is 0.410 e. The normalized spacial score (nSPS) is 11.3. The third-order valence-electron chi connectivity index (χ3n) is 2.45. The van der Waals surface area contributed by atoms with E-state index < -0.39 is 0 Å². The van der Waals surface area contributed by atoms with Gasteiger partial charge in [0, 0.05) is 15.8 Å². The van der Waals surface area contributed by atoms with Gasteiger partial charge in [-0.05, 0) is 6.07 Å². The van der Waals surface area contributed by atoms with Crippen molar-refractivity contribution in [1.82, 2.24) is 10.2 Å². The van der Waals surface area contributed by atoms with Crippen LogP contribution in [0.5, 0.6) is 0 Å². The van der Waals surface area contributed by atoms with Crippen molar-refractivity contribution in [2.45, 2.75) is 5.22 Å². The van der Waals surface area contributed by atoms with Crippen LogP contribution in [0.1, 0.15) is 0 Å². The Morgan fingerprint density at radius 2 is 2.16 bits per heavy atom. The number of aliphatic hydroxyl groups is 1. The van der Waals surface area contributed by atoms with Crippen LogP contribution in [0.3, 0.4) is 0 Å². The van der Waals surface area contributed by atoms with Crippen molar-refractivity contribution in [1.29, 1.82) is 0 Å². The summed E-state index contributed by atoms with van der Waals surface area (Å²) >= 11 is 9.19.